The Morgan fingerprint density at radius 2 is 2.28 bits per heavy atom. The summed E-state index contributed by atoms with van der Waals surface area (Å²) in [7, 11) is 1.95. The van der Waals surface area contributed by atoms with Crippen LogP contribution in [0.3, 0.4) is 0 Å². The summed E-state index contributed by atoms with van der Waals surface area (Å²) in [5, 5.41) is 13.8. The molecule has 18 heavy (non-hydrogen) atoms. The largest absolute Gasteiger partial charge is 0.492 e. The Morgan fingerprint density at radius 1 is 1.39 bits per heavy atom. The normalized spacial score (nSPS) is 17.5. The van der Waals surface area contributed by atoms with Gasteiger partial charge in [-0.05, 0) is 13.1 Å². The number of benzene rings is 1. The summed E-state index contributed by atoms with van der Waals surface area (Å²) in [6.45, 7) is 1.62. The van der Waals surface area contributed by atoms with Gasteiger partial charge in [0.05, 0.1) is 5.92 Å². The molecular weight excluding hydrogens is 246 g/mol. The molecule has 0 amide bonds. The lowest BCUT2D eigenvalue weighted by Crippen LogP contribution is -2.09. The molecular formula is C13H15N3OS. The Hall–Kier alpha value is -1.46. The van der Waals surface area contributed by atoms with E-state index >= 15 is 0 Å². The molecule has 1 aliphatic rings. The van der Waals surface area contributed by atoms with Gasteiger partial charge in [0.25, 0.3) is 0 Å². The van der Waals surface area contributed by atoms with E-state index in [-0.39, 0.29) is 5.92 Å². The summed E-state index contributed by atoms with van der Waals surface area (Å²) in [4.78, 5) is 0. The average Bonchev–Trinajstić information content (AvgIpc) is 3.02. The molecule has 2 heterocycles. The summed E-state index contributed by atoms with van der Waals surface area (Å²) >= 11 is 1.69. The fraction of sp³-hybridized carbons (Fsp3) is 0.385. The van der Waals surface area contributed by atoms with Crippen molar-refractivity contribution in [2.75, 3.05) is 20.2 Å². The Kier molecular flexibility index (Phi) is 3.25. The van der Waals surface area contributed by atoms with Crippen LogP contribution in [0.15, 0.2) is 24.3 Å². The lowest BCUT2D eigenvalue weighted by Gasteiger charge is -2.02. The minimum Gasteiger partial charge on any atom is -0.492 e. The predicted octanol–water partition coefficient (Wildman–Crippen LogP) is 1.82. The van der Waals surface area contributed by atoms with Crippen LogP contribution in [0.25, 0.3) is 0 Å². The van der Waals surface area contributed by atoms with Crippen LogP contribution in [0.5, 0.6) is 5.75 Å². The predicted molar refractivity (Wildman–Crippen MR) is 71.3 cm³/mol. The van der Waals surface area contributed by atoms with E-state index in [0.717, 1.165) is 28.7 Å². The maximum atomic E-state index is 5.68. The van der Waals surface area contributed by atoms with E-state index in [2.05, 4.69) is 21.6 Å². The molecule has 1 aliphatic heterocycles. The number of nitrogens with zero attached hydrogens (tertiary/aromatic N) is 2. The van der Waals surface area contributed by atoms with E-state index in [1.807, 2.05) is 25.2 Å². The van der Waals surface area contributed by atoms with Crippen molar-refractivity contribution in [3.8, 4) is 5.75 Å². The Labute approximate surface area is 110 Å². The molecule has 0 bridgehead atoms. The molecule has 4 nitrogen and oxygen atoms in total. The summed E-state index contributed by atoms with van der Waals surface area (Å²) in [6.07, 6.45) is 0.934. The molecule has 1 aromatic heterocycles. The van der Waals surface area contributed by atoms with Crippen LogP contribution < -0.4 is 10.1 Å². The van der Waals surface area contributed by atoms with Gasteiger partial charge in [-0.25, -0.2) is 0 Å². The van der Waals surface area contributed by atoms with Gasteiger partial charge >= 0.3 is 0 Å². The number of para-hydroxylation sites is 1. The molecule has 3 rings (SSSR count). The second-order valence-electron chi connectivity index (χ2n) is 4.29. The zero-order valence-electron chi connectivity index (χ0n) is 10.2. The van der Waals surface area contributed by atoms with E-state index in [9.17, 15) is 0 Å². The number of likely N-dealkylation sites (N-methyl/N-ethyl adjacent to an activating group) is 1. The fourth-order valence-corrected chi connectivity index (χ4v) is 3.05. The van der Waals surface area contributed by atoms with E-state index in [0.29, 0.717) is 6.61 Å². The number of ether oxygens (including phenoxy) is 1. The van der Waals surface area contributed by atoms with Gasteiger partial charge in [0.1, 0.15) is 22.4 Å². The second kappa shape index (κ2) is 5.04. The minimum absolute atomic E-state index is 0.252. The lowest BCUT2D eigenvalue weighted by molar-refractivity contribution is 0.342. The third-order valence-corrected chi connectivity index (χ3v) is 4.17. The van der Waals surface area contributed by atoms with Gasteiger partial charge in [0.2, 0.25) is 0 Å². The van der Waals surface area contributed by atoms with Gasteiger partial charge < -0.3 is 10.1 Å². The highest BCUT2D eigenvalue weighted by Gasteiger charge is 2.28. The molecule has 1 aromatic carbocycles. The van der Waals surface area contributed by atoms with Gasteiger partial charge in [-0.2, -0.15) is 0 Å². The number of hydrogen-bond donors (Lipinski definition) is 1. The highest BCUT2D eigenvalue weighted by Crippen LogP contribution is 2.38. The molecule has 94 valence electrons. The van der Waals surface area contributed by atoms with Crippen molar-refractivity contribution in [1.82, 2.24) is 15.5 Å². The lowest BCUT2D eigenvalue weighted by atomic mass is 10.0. The van der Waals surface area contributed by atoms with Crippen LogP contribution in [-0.4, -0.2) is 30.4 Å². The number of fused-ring (bicyclic) bond motifs is 1. The van der Waals surface area contributed by atoms with Crippen molar-refractivity contribution in [3.63, 3.8) is 0 Å². The monoisotopic (exact) mass is 261 g/mol. The Bertz CT molecular complexity index is 541. The molecule has 2 aromatic rings. The first kappa shape index (κ1) is 11.6. The molecule has 0 aliphatic carbocycles. The highest BCUT2D eigenvalue weighted by atomic mass is 32.1. The maximum absolute atomic E-state index is 5.68. The molecule has 5 heteroatoms. The molecule has 0 radical (unpaired) electrons. The maximum Gasteiger partial charge on any atom is 0.128 e. The summed E-state index contributed by atoms with van der Waals surface area (Å²) in [5.41, 5.74) is 1.23. The number of aromatic nitrogens is 2. The van der Waals surface area contributed by atoms with Crippen molar-refractivity contribution in [1.29, 1.82) is 0 Å². The standard InChI is InChI=1S/C13H15N3OS/c1-14-7-6-12-15-16-13(18-12)10-8-17-11-5-3-2-4-9(10)11/h2-5,10,14H,6-8H2,1H3. The van der Waals surface area contributed by atoms with Gasteiger partial charge in [-0.15, -0.1) is 21.5 Å². The zero-order valence-corrected chi connectivity index (χ0v) is 11.0. The third kappa shape index (κ3) is 2.11. The fourth-order valence-electron chi connectivity index (χ4n) is 2.11. The van der Waals surface area contributed by atoms with Crippen LogP contribution >= 0.6 is 11.3 Å². The van der Waals surface area contributed by atoms with Gasteiger partial charge in [0.15, 0.2) is 0 Å². The number of rotatable bonds is 4. The molecule has 1 unspecified atom stereocenters. The molecule has 1 atom stereocenters. The number of nitrogens with one attached hydrogen (secondary N) is 1. The molecule has 1 N–H and O–H groups in total. The number of hydrogen-bond acceptors (Lipinski definition) is 5. The van der Waals surface area contributed by atoms with E-state index in [1.165, 1.54) is 5.56 Å². The Morgan fingerprint density at radius 3 is 3.17 bits per heavy atom. The van der Waals surface area contributed by atoms with Gasteiger partial charge in [-0.3, -0.25) is 0 Å². The summed E-state index contributed by atoms with van der Waals surface area (Å²) in [6, 6.07) is 8.17. The first-order chi connectivity index (χ1) is 8.88. The quantitative estimate of drug-likeness (QED) is 0.912. The molecule has 0 fully saturated rings. The van der Waals surface area contributed by atoms with Crippen LogP contribution in [0.1, 0.15) is 21.5 Å². The first-order valence-corrected chi connectivity index (χ1v) is 6.88. The summed E-state index contributed by atoms with van der Waals surface area (Å²) in [5.74, 6) is 1.23. The second-order valence-corrected chi connectivity index (χ2v) is 5.38. The molecule has 0 spiro atoms. The van der Waals surface area contributed by atoms with Crippen LogP contribution in [0.2, 0.25) is 0 Å². The Balaban J connectivity index is 1.82. The first-order valence-electron chi connectivity index (χ1n) is 6.07. The average molecular weight is 261 g/mol. The van der Waals surface area contributed by atoms with Crippen molar-refractivity contribution < 1.29 is 4.74 Å². The van der Waals surface area contributed by atoms with E-state index < -0.39 is 0 Å². The SMILES string of the molecule is CNCCc1nnc(C2COc3ccccc32)s1. The van der Waals surface area contributed by atoms with Crippen LogP contribution in [-0.2, 0) is 6.42 Å². The van der Waals surface area contributed by atoms with Crippen LogP contribution in [0.4, 0.5) is 0 Å². The summed E-state index contributed by atoms with van der Waals surface area (Å²) < 4.78 is 5.68. The van der Waals surface area contributed by atoms with Gasteiger partial charge in [0, 0.05) is 18.5 Å². The van der Waals surface area contributed by atoms with E-state index in [4.69, 9.17) is 4.74 Å². The van der Waals surface area contributed by atoms with E-state index in [1.54, 1.807) is 11.3 Å². The van der Waals surface area contributed by atoms with Crippen molar-refractivity contribution in [3.05, 3.63) is 39.8 Å². The van der Waals surface area contributed by atoms with Gasteiger partial charge in [-0.1, -0.05) is 18.2 Å². The van der Waals surface area contributed by atoms with Crippen molar-refractivity contribution in [2.45, 2.75) is 12.3 Å². The topological polar surface area (TPSA) is 47.0 Å². The smallest absolute Gasteiger partial charge is 0.128 e. The van der Waals surface area contributed by atoms with Crippen LogP contribution in [0, 0.1) is 0 Å². The zero-order chi connectivity index (χ0) is 12.4. The molecule has 0 saturated heterocycles. The minimum atomic E-state index is 0.252. The van der Waals surface area contributed by atoms with Crippen molar-refractivity contribution >= 4 is 11.3 Å². The third-order valence-electron chi connectivity index (χ3n) is 3.07. The highest BCUT2D eigenvalue weighted by molar-refractivity contribution is 7.11. The molecule has 0 saturated carbocycles. The van der Waals surface area contributed by atoms with Crippen molar-refractivity contribution in [2.24, 2.45) is 0 Å².